The molecule has 0 aliphatic heterocycles. The molecule has 1 aromatic carbocycles. The van der Waals surface area contributed by atoms with Crippen LogP contribution in [0.4, 0.5) is 5.69 Å². The minimum atomic E-state index is 0.578. The molecule has 0 aromatic heterocycles. The van der Waals surface area contributed by atoms with Crippen LogP contribution >= 0.6 is 0 Å². The summed E-state index contributed by atoms with van der Waals surface area (Å²) in [5.74, 6) is 1.42. The Labute approximate surface area is 86.1 Å². The molecule has 0 aliphatic rings. The fourth-order valence-electron chi connectivity index (χ4n) is 1.22. The van der Waals surface area contributed by atoms with E-state index in [9.17, 15) is 0 Å². The molecular weight excluding hydrogens is 174 g/mol. The second kappa shape index (κ2) is 4.89. The molecule has 2 heteroatoms. The van der Waals surface area contributed by atoms with Crippen molar-refractivity contribution in [3.05, 3.63) is 23.8 Å². The fourth-order valence-corrected chi connectivity index (χ4v) is 1.22. The van der Waals surface area contributed by atoms with E-state index in [1.165, 1.54) is 0 Å². The zero-order valence-corrected chi connectivity index (χ0v) is 9.21. The number of anilines is 1. The molecule has 2 nitrogen and oxygen atoms in total. The van der Waals surface area contributed by atoms with Gasteiger partial charge in [0.1, 0.15) is 5.75 Å². The van der Waals surface area contributed by atoms with Crippen molar-refractivity contribution in [3.8, 4) is 5.75 Å². The second-order valence-corrected chi connectivity index (χ2v) is 3.82. The van der Waals surface area contributed by atoms with Gasteiger partial charge in [0, 0.05) is 0 Å². The molecular formula is C12H19NO. The van der Waals surface area contributed by atoms with E-state index in [1.807, 2.05) is 25.1 Å². The largest absolute Gasteiger partial charge is 0.491 e. The van der Waals surface area contributed by atoms with Crippen LogP contribution in [0.3, 0.4) is 0 Å². The molecule has 0 fully saturated rings. The lowest BCUT2D eigenvalue weighted by Gasteiger charge is -2.14. The second-order valence-electron chi connectivity index (χ2n) is 3.82. The van der Waals surface area contributed by atoms with Crippen LogP contribution in [0.15, 0.2) is 18.2 Å². The number of ether oxygens (including phenoxy) is 1. The average molecular weight is 193 g/mol. The molecule has 0 bridgehead atoms. The molecule has 0 radical (unpaired) electrons. The van der Waals surface area contributed by atoms with E-state index in [0.29, 0.717) is 5.92 Å². The fraction of sp³-hybridized carbons (Fsp3) is 0.500. The Morgan fingerprint density at radius 2 is 2.14 bits per heavy atom. The Hall–Kier alpha value is -1.18. The smallest absolute Gasteiger partial charge is 0.145 e. The quantitative estimate of drug-likeness (QED) is 0.746. The van der Waals surface area contributed by atoms with Gasteiger partial charge in [0.05, 0.1) is 12.3 Å². The van der Waals surface area contributed by atoms with E-state index in [1.54, 1.807) is 0 Å². The Bertz CT molecular complexity index is 276. The third-order valence-corrected chi connectivity index (χ3v) is 2.45. The average Bonchev–Trinajstić information content (AvgIpc) is 2.16. The number of rotatable bonds is 4. The van der Waals surface area contributed by atoms with Gasteiger partial charge in [0.25, 0.3) is 0 Å². The van der Waals surface area contributed by atoms with Gasteiger partial charge in [-0.15, -0.1) is 0 Å². The van der Waals surface area contributed by atoms with Crippen LogP contribution in [-0.4, -0.2) is 6.61 Å². The van der Waals surface area contributed by atoms with Crippen LogP contribution in [0.1, 0.15) is 25.8 Å². The molecule has 14 heavy (non-hydrogen) atoms. The number of aryl methyl sites for hydroxylation is 1. The zero-order chi connectivity index (χ0) is 10.6. The Balaban J connectivity index is 2.66. The van der Waals surface area contributed by atoms with Gasteiger partial charge >= 0.3 is 0 Å². The first-order valence-electron chi connectivity index (χ1n) is 5.13. The molecule has 1 atom stereocenters. The topological polar surface area (TPSA) is 35.2 Å². The Kier molecular flexibility index (Phi) is 3.81. The molecule has 0 amide bonds. The predicted molar refractivity (Wildman–Crippen MR) is 60.5 cm³/mol. The summed E-state index contributed by atoms with van der Waals surface area (Å²) < 4.78 is 5.70. The molecule has 78 valence electrons. The highest BCUT2D eigenvalue weighted by molar-refractivity contribution is 5.56. The summed E-state index contributed by atoms with van der Waals surface area (Å²) in [6.07, 6.45) is 1.13. The van der Waals surface area contributed by atoms with E-state index in [0.717, 1.165) is 30.0 Å². The molecule has 1 unspecified atom stereocenters. The first kappa shape index (κ1) is 10.9. The van der Waals surface area contributed by atoms with E-state index >= 15 is 0 Å². The monoisotopic (exact) mass is 193 g/mol. The van der Waals surface area contributed by atoms with Crippen molar-refractivity contribution in [1.82, 2.24) is 0 Å². The molecule has 2 N–H and O–H groups in total. The SMILES string of the molecule is CCC(C)COc1c(C)cccc1N. The summed E-state index contributed by atoms with van der Waals surface area (Å²) in [6.45, 7) is 7.09. The number of hydrogen-bond donors (Lipinski definition) is 1. The summed E-state index contributed by atoms with van der Waals surface area (Å²) >= 11 is 0. The highest BCUT2D eigenvalue weighted by atomic mass is 16.5. The van der Waals surface area contributed by atoms with E-state index in [4.69, 9.17) is 10.5 Å². The van der Waals surface area contributed by atoms with Crippen LogP contribution in [-0.2, 0) is 0 Å². The molecule has 1 aromatic rings. The molecule has 0 aliphatic carbocycles. The standard InChI is InChI=1S/C12H19NO/c1-4-9(2)8-14-12-10(3)6-5-7-11(12)13/h5-7,9H,4,8,13H2,1-3H3. The normalized spacial score (nSPS) is 12.5. The highest BCUT2D eigenvalue weighted by Gasteiger charge is 2.05. The number of nitrogens with two attached hydrogens (primary N) is 1. The van der Waals surface area contributed by atoms with Gasteiger partial charge in [-0.25, -0.2) is 0 Å². The summed E-state index contributed by atoms with van der Waals surface area (Å²) in [5, 5.41) is 0. The van der Waals surface area contributed by atoms with Gasteiger partial charge in [-0.1, -0.05) is 32.4 Å². The highest BCUT2D eigenvalue weighted by Crippen LogP contribution is 2.25. The van der Waals surface area contributed by atoms with Gasteiger partial charge in [0.2, 0.25) is 0 Å². The van der Waals surface area contributed by atoms with Crippen LogP contribution in [0.5, 0.6) is 5.75 Å². The van der Waals surface area contributed by atoms with E-state index in [-0.39, 0.29) is 0 Å². The van der Waals surface area contributed by atoms with Gasteiger partial charge in [0.15, 0.2) is 0 Å². The summed E-state index contributed by atoms with van der Waals surface area (Å²) in [5.41, 5.74) is 7.66. The third kappa shape index (κ3) is 2.66. The predicted octanol–water partition coefficient (Wildman–Crippen LogP) is 3.00. The lowest BCUT2D eigenvalue weighted by atomic mass is 10.1. The van der Waals surface area contributed by atoms with Crippen molar-refractivity contribution < 1.29 is 4.74 Å². The summed E-state index contributed by atoms with van der Waals surface area (Å²) in [6, 6.07) is 5.84. The first-order valence-corrected chi connectivity index (χ1v) is 5.13. The summed E-state index contributed by atoms with van der Waals surface area (Å²) in [7, 11) is 0. The van der Waals surface area contributed by atoms with Gasteiger partial charge in [-0.05, 0) is 24.5 Å². The van der Waals surface area contributed by atoms with Crippen LogP contribution in [0, 0.1) is 12.8 Å². The number of benzene rings is 1. The molecule has 0 saturated carbocycles. The maximum Gasteiger partial charge on any atom is 0.145 e. The minimum absolute atomic E-state index is 0.578. The Morgan fingerprint density at radius 1 is 1.43 bits per heavy atom. The van der Waals surface area contributed by atoms with Gasteiger partial charge in [-0.3, -0.25) is 0 Å². The van der Waals surface area contributed by atoms with Crippen LogP contribution in [0.25, 0.3) is 0 Å². The lowest BCUT2D eigenvalue weighted by Crippen LogP contribution is -2.09. The number of hydrogen-bond acceptors (Lipinski definition) is 2. The van der Waals surface area contributed by atoms with Crippen LogP contribution in [0.2, 0.25) is 0 Å². The van der Waals surface area contributed by atoms with Crippen molar-refractivity contribution >= 4 is 5.69 Å². The third-order valence-electron chi connectivity index (χ3n) is 2.45. The maximum absolute atomic E-state index is 5.82. The van der Waals surface area contributed by atoms with Crippen molar-refractivity contribution in [1.29, 1.82) is 0 Å². The molecule has 0 heterocycles. The maximum atomic E-state index is 5.82. The zero-order valence-electron chi connectivity index (χ0n) is 9.21. The van der Waals surface area contributed by atoms with E-state index in [2.05, 4.69) is 13.8 Å². The Morgan fingerprint density at radius 3 is 2.71 bits per heavy atom. The van der Waals surface area contributed by atoms with E-state index < -0.39 is 0 Å². The lowest BCUT2D eigenvalue weighted by molar-refractivity contribution is 0.256. The molecule has 0 saturated heterocycles. The summed E-state index contributed by atoms with van der Waals surface area (Å²) in [4.78, 5) is 0. The molecule has 0 spiro atoms. The number of para-hydroxylation sites is 1. The van der Waals surface area contributed by atoms with Gasteiger partial charge < -0.3 is 10.5 Å². The van der Waals surface area contributed by atoms with Crippen molar-refractivity contribution in [3.63, 3.8) is 0 Å². The van der Waals surface area contributed by atoms with Crippen molar-refractivity contribution in [2.75, 3.05) is 12.3 Å². The van der Waals surface area contributed by atoms with Crippen LogP contribution < -0.4 is 10.5 Å². The van der Waals surface area contributed by atoms with Crippen molar-refractivity contribution in [2.24, 2.45) is 5.92 Å². The van der Waals surface area contributed by atoms with Crippen molar-refractivity contribution in [2.45, 2.75) is 27.2 Å². The minimum Gasteiger partial charge on any atom is -0.491 e. The number of nitrogen functional groups attached to an aromatic ring is 1. The first-order chi connectivity index (χ1) is 6.65. The molecule has 1 rings (SSSR count). The van der Waals surface area contributed by atoms with Gasteiger partial charge in [-0.2, -0.15) is 0 Å².